The van der Waals surface area contributed by atoms with E-state index in [1.165, 1.54) is 21.7 Å². The molecule has 0 atom stereocenters. The zero-order chi connectivity index (χ0) is 23.7. The summed E-state index contributed by atoms with van der Waals surface area (Å²) in [5.41, 5.74) is 5.07. The van der Waals surface area contributed by atoms with E-state index in [9.17, 15) is 9.59 Å². The van der Waals surface area contributed by atoms with Crippen LogP contribution in [0.15, 0.2) is 78.4 Å². The number of nitrogens with one attached hydrogen (secondary N) is 1. The second kappa shape index (κ2) is 9.41. The molecule has 2 heterocycles. The monoisotopic (exact) mass is 487 g/mol. The molecular formula is C27H22ClN3O2S. The van der Waals surface area contributed by atoms with Gasteiger partial charge in [-0.2, -0.15) is 0 Å². The number of aryl methyl sites for hydroxylation is 1. The maximum atomic E-state index is 13.2. The first kappa shape index (κ1) is 22.3. The molecule has 5 nitrogen and oxygen atoms in total. The van der Waals surface area contributed by atoms with E-state index in [1.54, 1.807) is 30.3 Å². The molecular weight excluding hydrogens is 466 g/mol. The van der Waals surface area contributed by atoms with Crippen molar-refractivity contribution in [1.82, 2.24) is 5.32 Å². The molecule has 3 aromatic carbocycles. The second-order valence-corrected chi connectivity index (χ2v) is 9.16. The smallest absolute Gasteiger partial charge is 0.270 e. The van der Waals surface area contributed by atoms with Gasteiger partial charge >= 0.3 is 0 Å². The average Bonchev–Trinajstić information content (AvgIpc) is 2.83. The molecule has 1 saturated heterocycles. The van der Waals surface area contributed by atoms with Crippen LogP contribution >= 0.6 is 23.8 Å². The molecule has 0 spiro atoms. The van der Waals surface area contributed by atoms with Crippen molar-refractivity contribution >= 4 is 58.2 Å². The highest BCUT2D eigenvalue weighted by Crippen LogP contribution is 2.31. The molecule has 2 aliphatic heterocycles. The number of halogens is 1. The predicted octanol–water partition coefficient (Wildman–Crippen LogP) is 5.12. The van der Waals surface area contributed by atoms with Gasteiger partial charge in [-0.3, -0.25) is 19.8 Å². The molecule has 3 aromatic rings. The highest BCUT2D eigenvalue weighted by molar-refractivity contribution is 7.80. The summed E-state index contributed by atoms with van der Waals surface area (Å²) in [7, 11) is 0. The lowest BCUT2D eigenvalue weighted by molar-refractivity contribution is -0.122. The van der Waals surface area contributed by atoms with Crippen molar-refractivity contribution in [2.24, 2.45) is 0 Å². The van der Waals surface area contributed by atoms with Gasteiger partial charge in [0.05, 0.1) is 5.69 Å². The normalized spacial score (nSPS) is 17.1. The first-order valence-electron chi connectivity index (χ1n) is 11.1. The first-order chi connectivity index (χ1) is 16.5. The van der Waals surface area contributed by atoms with Gasteiger partial charge in [0.25, 0.3) is 11.8 Å². The summed E-state index contributed by atoms with van der Waals surface area (Å²) in [6.45, 7) is 1.85. The number of anilines is 2. The number of rotatable bonds is 4. The topological polar surface area (TPSA) is 52.7 Å². The van der Waals surface area contributed by atoms with E-state index in [0.29, 0.717) is 10.7 Å². The van der Waals surface area contributed by atoms with E-state index in [-0.39, 0.29) is 10.7 Å². The maximum absolute atomic E-state index is 13.2. The molecule has 0 bridgehead atoms. The van der Waals surface area contributed by atoms with Crippen molar-refractivity contribution in [1.29, 1.82) is 0 Å². The summed E-state index contributed by atoms with van der Waals surface area (Å²) in [6, 6.07) is 23.3. The van der Waals surface area contributed by atoms with Crippen molar-refractivity contribution in [2.75, 3.05) is 16.3 Å². The molecule has 0 aliphatic carbocycles. The van der Waals surface area contributed by atoms with Crippen LogP contribution in [0.5, 0.6) is 0 Å². The van der Waals surface area contributed by atoms with Gasteiger partial charge in [-0.05, 0) is 84.2 Å². The summed E-state index contributed by atoms with van der Waals surface area (Å²) >= 11 is 11.2. The summed E-state index contributed by atoms with van der Waals surface area (Å²) < 4.78 is 0. The van der Waals surface area contributed by atoms with E-state index >= 15 is 0 Å². The van der Waals surface area contributed by atoms with Crippen LogP contribution in [0.25, 0.3) is 6.08 Å². The van der Waals surface area contributed by atoms with Crippen molar-refractivity contribution in [3.63, 3.8) is 0 Å². The molecule has 0 radical (unpaired) electrons. The van der Waals surface area contributed by atoms with E-state index in [2.05, 4.69) is 46.6 Å². The highest BCUT2D eigenvalue weighted by atomic mass is 35.5. The van der Waals surface area contributed by atoms with Crippen molar-refractivity contribution in [2.45, 2.75) is 19.4 Å². The molecule has 1 fully saturated rings. The minimum atomic E-state index is -0.497. The molecule has 34 heavy (non-hydrogen) atoms. The van der Waals surface area contributed by atoms with Gasteiger partial charge in [0, 0.05) is 23.8 Å². The van der Waals surface area contributed by atoms with E-state index < -0.39 is 11.8 Å². The number of hydrogen-bond acceptors (Lipinski definition) is 4. The second-order valence-electron chi connectivity index (χ2n) is 8.33. The zero-order valence-corrected chi connectivity index (χ0v) is 19.9. The van der Waals surface area contributed by atoms with Gasteiger partial charge in [0.15, 0.2) is 5.11 Å². The van der Waals surface area contributed by atoms with E-state index in [1.807, 2.05) is 12.1 Å². The lowest BCUT2D eigenvalue weighted by atomic mass is 9.97. The van der Waals surface area contributed by atoms with Crippen LogP contribution in [0.1, 0.15) is 23.1 Å². The summed E-state index contributed by atoms with van der Waals surface area (Å²) in [5, 5.41) is 3.23. The molecule has 0 saturated carbocycles. The van der Waals surface area contributed by atoms with Crippen LogP contribution < -0.4 is 15.1 Å². The standard InChI is InChI=1S/C27H22ClN3O2S/c28-21-9-11-22(12-10-21)31-26(33)23(25(32)29-27(31)34)16-19-8-13-24-20(15-19)7-4-14-30(24)17-18-5-2-1-3-6-18/h1-3,5-6,8-13,15-16H,4,7,14,17H2,(H,29,32,34)/b23-16+. The van der Waals surface area contributed by atoms with Crippen LogP contribution in [-0.4, -0.2) is 23.5 Å². The highest BCUT2D eigenvalue weighted by Gasteiger charge is 2.34. The van der Waals surface area contributed by atoms with Crippen LogP contribution in [0.4, 0.5) is 11.4 Å². The number of carbonyl (C=O) groups is 2. The third-order valence-corrected chi connectivity index (χ3v) is 6.57. The van der Waals surface area contributed by atoms with Crippen LogP contribution in [0.2, 0.25) is 5.02 Å². The molecule has 5 rings (SSSR count). The molecule has 7 heteroatoms. The molecule has 2 amide bonds. The molecule has 170 valence electrons. The Morgan fingerprint density at radius 3 is 2.53 bits per heavy atom. The van der Waals surface area contributed by atoms with Crippen molar-refractivity contribution in [3.05, 3.63) is 100 Å². The number of amides is 2. The minimum Gasteiger partial charge on any atom is -0.367 e. The fourth-order valence-corrected chi connectivity index (χ4v) is 4.81. The lowest BCUT2D eigenvalue weighted by Gasteiger charge is -2.32. The quantitative estimate of drug-likeness (QED) is 0.315. The van der Waals surface area contributed by atoms with Gasteiger partial charge < -0.3 is 4.90 Å². The number of carbonyl (C=O) groups excluding carboxylic acids is 2. The average molecular weight is 488 g/mol. The lowest BCUT2D eigenvalue weighted by Crippen LogP contribution is -2.54. The number of hydrogen-bond donors (Lipinski definition) is 1. The molecule has 2 aliphatic rings. The number of benzene rings is 3. The minimum absolute atomic E-state index is 0.0421. The van der Waals surface area contributed by atoms with Gasteiger partial charge in [0.2, 0.25) is 0 Å². The Labute approximate surface area is 208 Å². The fraction of sp³-hybridized carbons (Fsp3) is 0.148. The van der Waals surface area contributed by atoms with E-state index in [0.717, 1.165) is 31.5 Å². The third-order valence-electron chi connectivity index (χ3n) is 6.03. The van der Waals surface area contributed by atoms with Gasteiger partial charge in [-0.15, -0.1) is 0 Å². The molecule has 0 unspecified atom stereocenters. The van der Waals surface area contributed by atoms with Crippen LogP contribution in [0, 0.1) is 0 Å². The Morgan fingerprint density at radius 1 is 1.00 bits per heavy atom. The van der Waals surface area contributed by atoms with Crippen molar-refractivity contribution < 1.29 is 9.59 Å². The largest absolute Gasteiger partial charge is 0.367 e. The maximum Gasteiger partial charge on any atom is 0.270 e. The summed E-state index contributed by atoms with van der Waals surface area (Å²) in [6.07, 6.45) is 3.65. The number of nitrogens with zero attached hydrogens (tertiary/aromatic N) is 2. The number of fused-ring (bicyclic) bond motifs is 1. The Hall–Kier alpha value is -3.48. The SMILES string of the molecule is O=C1NC(=S)N(c2ccc(Cl)cc2)C(=O)/C1=C/c1ccc2c(c1)CCCN2Cc1ccccc1. The van der Waals surface area contributed by atoms with Gasteiger partial charge in [-0.1, -0.05) is 48.0 Å². The summed E-state index contributed by atoms with van der Waals surface area (Å²) in [4.78, 5) is 29.6. The van der Waals surface area contributed by atoms with E-state index in [4.69, 9.17) is 23.8 Å². The predicted molar refractivity (Wildman–Crippen MR) is 140 cm³/mol. The Bertz CT molecular complexity index is 1310. The fourth-order valence-electron chi connectivity index (χ4n) is 4.40. The van der Waals surface area contributed by atoms with Crippen molar-refractivity contribution in [3.8, 4) is 0 Å². The first-order valence-corrected chi connectivity index (χ1v) is 11.9. The zero-order valence-electron chi connectivity index (χ0n) is 18.3. The Morgan fingerprint density at radius 2 is 1.76 bits per heavy atom. The van der Waals surface area contributed by atoms with Crippen LogP contribution in [0.3, 0.4) is 0 Å². The third kappa shape index (κ3) is 4.47. The summed E-state index contributed by atoms with van der Waals surface area (Å²) in [5.74, 6) is -0.955. The van der Waals surface area contributed by atoms with Gasteiger partial charge in [-0.25, -0.2) is 0 Å². The number of thiocarbonyl (C=S) groups is 1. The Kier molecular flexibility index (Phi) is 6.18. The van der Waals surface area contributed by atoms with Crippen LogP contribution in [-0.2, 0) is 22.6 Å². The Balaban J connectivity index is 1.43. The molecule has 1 N–H and O–H groups in total. The molecule has 0 aromatic heterocycles. The van der Waals surface area contributed by atoms with Gasteiger partial charge in [0.1, 0.15) is 5.57 Å².